The van der Waals surface area contributed by atoms with Crippen molar-refractivity contribution < 1.29 is 0 Å². The Morgan fingerprint density at radius 2 is 2.31 bits per heavy atom. The molecule has 1 atom stereocenters. The van der Waals surface area contributed by atoms with E-state index in [4.69, 9.17) is 11.6 Å². The highest BCUT2D eigenvalue weighted by molar-refractivity contribution is 6.31. The SMILES string of the molecule is CCNC(C)c1c(Cl)cnn1CC. The molecule has 0 saturated carbocycles. The fourth-order valence-corrected chi connectivity index (χ4v) is 1.76. The van der Waals surface area contributed by atoms with Gasteiger partial charge >= 0.3 is 0 Å². The number of nitrogens with one attached hydrogen (secondary N) is 1. The predicted octanol–water partition coefficient (Wildman–Crippen LogP) is 2.23. The molecule has 1 aromatic rings. The van der Waals surface area contributed by atoms with Crippen LogP contribution in [0.1, 0.15) is 32.5 Å². The van der Waals surface area contributed by atoms with Gasteiger partial charge < -0.3 is 5.32 Å². The molecule has 0 saturated heterocycles. The molecule has 0 bridgehead atoms. The van der Waals surface area contributed by atoms with E-state index in [0.29, 0.717) is 0 Å². The van der Waals surface area contributed by atoms with Crippen molar-refractivity contribution in [3.63, 3.8) is 0 Å². The fraction of sp³-hybridized carbons (Fsp3) is 0.667. The van der Waals surface area contributed by atoms with Crippen LogP contribution in [0.3, 0.4) is 0 Å². The molecule has 3 nitrogen and oxygen atoms in total. The number of rotatable bonds is 4. The molecule has 4 heteroatoms. The average Bonchev–Trinajstić information content (AvgIpc) is 2.47. The number of aromatic nitrogens is 2. The topological polar surface area (TPSA) is 29.9 Å². The minimum Gasteiger partial charge on any atom is -0.309 e. The molecule has 0 aliphatic rings. The molecule has 1 unspecified atom stereocenters. The van der Waals surface area contributed by atoms with E-state index in [0.717, 1.165) is 23.8 Å². The number of nitrogens with zero attached hydrogens (tertiary/aromatic N) is 2. The maximum absolute atomic E-state index is 6.03. The summed E-state index contributed by atoms with van der Waals surface area (Å²) in [5, 5.41) is 8.25. The number of halogens is 1. The van der Waals surface area contributed by atoms with E-state index >= 15 is 0 Å². The smallest absolute Gasteiger partial charge is 0.0834 e. The maximum atomic E-state index is 6.03. The highest BCUT2D eigenvalue weighted by Crippen LogP contribution is 2.21. The summed E-state index contributed by atoms with van der Waals surface area (Å²) in [5.74, 6) is 0. The van der Waals surface area contributed by atoms with Crippen molar-refractivity contribution in [2.75, 3.05) is 6.54 Å². The Labute approximate surface area is 84.1 Å². The zero-order chi connectivity index (χ0) is 9.84. The molecule has 0 radical (unpaired) electrons. The Morgan fingerprint density at radius 3 is 2.85 bits per heavy atom. The fourth-order valence-electron chi connectivity index (χ4n) is 1.46. The van der Waals surface area contributed by atoms with Crippen molar-refractivity contribution in [2.24, 2.45) is 0 Å². The standard InChI is InChI=1S/C9H16ClN3/c1-4-11-7(3)9-8(10)6-12-13(9)5-2/h6-7,11H,4-5H2,1-3H3. The normalized spacial score (nSPS) is 13.2. The lowest BCUT2D eigenvalue weighted by atomic mass is 10.2. The van der Waals surface area contributed by atoms with Gasteiger partial charge in [0, 0.05) is 12.6 Å². The summed E-state index contributed by atoms with van der Waals surface area (Å²) >= 11 is 6.03. The molecule has 0 aliphatic heterocycles. The van der Waals surface area contributed by atoms with Crippen LogP contribution >= 0.6 is 11.6 Å². The molecule has 0 aliphatic carbocycles. The van der Waals surface area contributed by atoms with E-state index in [1.165, 1.54) is 0 Å². The Morgan fingerprint density at radius 1 is 1.62 bits per heavy atom. The molecule has 0 spiro atoms. The highest BCUT2D eigenvalue weighted by Gasteiger charge is 2.13. The number of aryl methyl sites for hydroxylation is 1. The van der Waals surface area contributed by atoms with Gasteiger partial charge in [0.25, 0.3) is 0 Å². The van der Waals surface area contributed by atoms with Crippen LogP contribution in [0.25, 0.3) is 0 Å². The van der Waals surface area contributed by atoms with Crippen LogP contribution in [0.5, 0.6) is 0 Å². The summed E-state index contributed by atoms with van der Waals surface area (Å²) in [5.41, 5.74) is 1.08. The van der Waals surface area contributed by atoms with E-state index in [1.807, 2.05) is 4.68 Å². The minimum absolute atomic E-state index is 0.264. The van der Waals surface area contributed by atoms with Crippen molar-refractivity contribution in [3.8, 4) is 0 Å². The second-order valence-electron chi connectivity index (χ2n) is 2.97. The lowest BCUT2D eigenvalue weighted by Crippen LogP contribution is -2.21. The van der Waals surface area contributed by atoms with Crippen molar-refractivity contribution >= 4 is 11.6 Å². The molecule has 0 aromatic carbocycles. The number of hydrogen-bond acceptors (Lipinski definition) is 2. The third-order valence-corrected chi connectivity index (χ3v) is 2.34. The summed E-state index contributed by atoms with van der Waals surface area (Å²) in [6.07, 6.45) is 1.70. The summed E-state index contributed by atoms with van der Waals surface area (Å²) in [7, 11) is 0. The van der Waals surface area contributed by atoms with Crippen molar-refractivity contribution in [1.29, 1.82) is 0 Å². The first-order chi connectivity index (χ1) is 6.20. The molecule has 0 amide bonds. The zero-order valence-electron chi connectivity index (χ0n) is 8.34. The van der Waals surface area contributed by atoms with Gasteiger partial charge in [0.1, 0.15) is 0 Å². The van der Waals surface area contributed by atoms with Crippen molar-refractivity contribution in [2.45, 2.75) is 33.4 Å². The first-order valence-corrected chi connectivity index (χ1v) is 5.03. The van der Waals surface area contributed by atoms with Crippen LogP contribution in [0.15, 0.2) is 6.20 Å². The Hall–Kier alpha value is -0.540. The summed E-state index contributed by atoms with van der Waals surface area (Å²) < 4.78 is 1.93. The predicted molar refractivity (Wildman–Crippen MR) is 55.0 cm³/mol. The maximum Gasteiger partial charge on any atom is 0.0834 e. The second kappa shape index (κ2) is 4.63. The van der Waals surface area contributed by atoms with Crippen molar-refractivity contribution in [3.05, 3.63) is 16.9 Å². The average molecular weight is 202 g/mol. The van der Waals surface area contributed by atoms with Crippen LogP contribution in [-0.4, -0.2) is 16.3 Å². The second-order valence-corrected chi connectivity index (χ2v) is 3.38. The Bertz CT molecular complexity index is 270. The highest BCUT2D eigenvalue weighted by atomic mass is 35.5. The Balaban J connectivity index is 2.89. The third-order valence-electron chi connectivity index (χ3n) is 2.05. The molecule has 1 rings (SSSR count). The van der Waals surface area contributed by atoms with Gasteiger partial charge in [-0.25, -0.2) is 0 Å². The molecule has 1 heterocycles. The minimum atomic E-state index is 0.264. The van der Waals surface area contributed by atoms with E-state index in [1.54, 1.807) is 6.20 Å². The van der Waals surface area contributed by atoms with Crippen molar-refractivity contribution in [1.82, 2.24) is 15.1 Å². The van der Waals surface area contributed by atoms with Gasteiger partial charge in [-0.05, 0) is 20.4 Å². The van der Waals surface area contributed by atoms with Crippen LogP contribution < -0.4 is 5.32 Å². The van der Waals surface area contributed by atoms with Gasteiger partial charge in [0.2, 0.25) is 0 Å². The zero-order valence-corrected chi connectivity index (χ0v) is 9.10. The van der Waals surface area contributed by atoms with Crippen LogP contribution in [-0.2, 0) is 6.54 Å². The molecular weight excluding hydrogens is 186 g/mol. The first-order valence-electron chi connectivity index (χ1n) is 4.65. The summed E-state index contributed by atoms with van der Waals surface area (Å²) in [6.45, 7) is 8.03. The van der Waals surface area contributed by atoms with E-state index in [9.17, 15) is 0 Å². The Kier molecular flexibility index (Phi) is 3.75. The molecule has 74 valence electrons. The van der Waals surface area contributed by atoms with E-state index in [2.05, 4.69) is 31.2 Å². The van der Waals surface area contributed by atoms with Gasteiger partial charge in [0.05, 0.1) is 16.9 Å². The molecule has 1 N–H and O–H groups in total. The molecule has 1 aromatic heterocycles. The molecule has 0 fully saturated rings. The van der Waals surface area contributed by atoms with E-state index < -0.39 is 0 Å². The third kappa shape index (κ3) is 2.23. The van der Waals surface area contributed by atoms with Gasteiger partial charge in [-0.1, -0.05) is 18.5 Å². The van der Waals surface area contributed by atoms with Gasteiger partial charge in [0.15, 0.2) is 0 Å². The van der Waals surface area contributed by atoms with Crippen LogP contribution in [0.2, 0.25) is 5.02 Å². The summed E-state index contributed by atoms with van der Waals surface area (Å²) in [4.78, 5) is 0. The molecular formula is C9H16ClN3. The largest absolute Gasteiger partial charge is 0.309 e. The van der Waals surface area contributed by atoms with E-state index in [-0.39, 0.29) is 6.04 Å². The van der Waals surface area contributed by atoms with Crippen LogP contribution in [0, 0.1) is 0 Å². The lowest BCUT2D eigenvalue weighted by Gasteiger charge is -2.14. The summed E-state index contributed by atoms with van der Waals surface area (Å²) in [6, 6.07) is 0.264. The van der Waals surface area contributed by atoms with Gasteiger partial charge in [-0.3, -0.25) is 4.68 Å². The first kappa shape index (κ1) is 10.5. The molecule has 13 heavy (non-hydrogen) atoms. The quantitative estimate of drug-likeness (QED) is 0.810. The lowest BCUT2D eigenvalue weighted by molar-refractivity contribution is 0.522. The van der Waals surface area contributed by atoms with Gasteiger partial charge in [-0.2, -0.15) is 5.10 Å². The monoisotopic (exact) mass is 201 g/mol. The number of hydrogen-bond donors (Lipinski definition) is 1. The van der Waals surface area contributed by atoms with Gasteiger partial charge in [-0.15, -0.1) is 0 Å². The van der Waals surface area contributed by atoms with Crippen LogP contribution in [0.4, 0.5) is 0 Å².